The van der Waals surface area contributed by atoms with Crippen LogP contribution in [0.5, 0.6) is 0 Å². The minimum atomic E-state index is -3.35. The van der Waals surface area contributed by atoms with Gasteiger partial charge in [0.2, 0.25) is 0 Å². The minimum absolute atomic E-state index is 0.0712. The van der Waals surface area contributed by atoms with Crippen LogP contribution in [0, 0.1) is 0 Å². The lowest BCUT2D eigenvalue weighted by molar-refractivity contribution is -0.110. The molecule has 14 heteroatoms. The Labute approximate surface area is 219 Å². The summed E-state index contributed by atoms with van der Waals surface area (Å²) < 4.78 is 48.4. The van der Waals surface area contributed by atoms with E-state index in [0.29, 0.717) is 36.4 Å². The van der Waals surface area contributed by atoms with Crippen molar-refractivity contribution < 1.29 is 26.4 Å². The van der Waals surface area contributed by atoms with Crippen molar-refractivity contribution >= 4 is 53.7 Å². The molecule has 2 aliphatic heterocycles. The van der Waals surface area contributed by atoms with Gasteiger partial charge in [0.15, 0.2) is 30.5 Å². The first-order chi connectivity index (χ1) is 17.6. The summed E-state index contributed by atoms with van der Waals surface area (Å²) in [6.45, 7) is 1.68. The Morgan fingerprint density at radius 1 is 1.03 bits per heavy atom. The monoisotopic (exact) mass is 565 g/mol. The van der Waals surface area contributed by atoms with Gasteiger partial charge in [-0.05, 0) is 37.8 Å². The van der Waals surface area contributed by atoms with Crippen LogP contribution in [0.1, 0.15) is 40.9 Å². The average molecular weight is 566 g/mol. The second kappa shape index (κ2) is 10.1. The van der Waals surface area contributed by atoms with Gasteiger partial charge in [-0.2, -0.15) is 5.10 Å². The van der Waals surface area contributed by atoms with Gasteiger partial charge in [-0.15, -0.1) is 0 Å². The molecule has 1 aliphatic carbocycles. The molecule has 2 amide bonds. The first-order valence-electron chi connectivity index (χ1n) is 12.1. The molecule has 0 radical (unpaired) electrons. The number of amides is 2. The summed E-state index contributed by atoms with van der Waals surface area (Å²) in [6.07, 6.45) is 4.63. The zero-order chi connectivity index (χ0) is 26.2. The maximum atomic E-state index is 13.3. The molecule has 0 spiro atoms. The molecule has 5 rings (SSSR count). The maximum Gasteiger partial charge on any atom is 0.278 e. The highest BCUT2D eigenvalue weighted by atomic mass is 32.2. The van der Waals surface area contributed by atoms with Gasteiger partial charge in [-0.3, -0.25) is 19.9 Å². The Morgan fingerprint density at radius 3 is 2.30 bits per heavy atom. The fraction of sp³-hybridized carbons (Fsp3) is 0.478. The van der Waals surface area contributed by atoms with Crippen LogP contribution < -0.4 is 5.32 Å². The third-order valence-corrected chi connectivity index (χ3v) is 11.3. The second-order valence-corrected chi connectivity index (χ2v) is 14.9. The Kier molecular flexibility index (Phi) is 7.07. The zero-order valence-corrected chi connectivity index (χ0v) is 22.4. The molecule has 3 heterocycles. The Bertz CT molecular complexity index is 1430. The number of hydrazone groups is 1. The number of aromatic nitrogens is 1. The number of carbonyl (C=O) groups is 2. The van der Waals surface area contributed by atoms with Crippen molar-refractivity contribution in [1.29, 1.82) is 0 Å². The highest BCUT2D eigenvalue weighted by molar-refractivity contribution is 7.92. The summed E-state index contributed by atoms with van der Waals surface area (Å²) in [7, 11) is -6.46. The van der Waals surface area contributed by atoms with Crippen LogP contribution in [-0.4, -0.2) is 92.2 Å². The lowest BCUT2D eigenvalue weighted by Crippen LogP contribution is -2.43. The number of anilines is 1. The summed E-state index contributed by atoms with van der Waals surface area (Å²) in [4.78, 5) is 32.2. The summed E-state index contributed by atoms with van der Waals surface area (Å²) in [6, 6.07) is 6.19. The molecular weight excluding hydrogens is 538 g/mol. The lowest BCUT2D eigenvalue weighted by atomic mass is 10.1. The summed E-state index contributed by atoms with van der Waals surface area (Å²) in [5.41, 5.74) is 0.600. The highest BCUT2D eigenvalue weighted by Gasteiger charge is 2.37. The summed E-state index contributed by atoms with van der Waals surface area (Å²) >= 11 is 1.00. The molecule has 3 aliphatic rings. The van der Waals surface area contributed by atoms with E-state index in [9.17, 15) is 26.4 Å². The number of benzene rings is 1. The van der Waals surface area contributed by atoms with Crippen molar-refractivity contribution in [1.82, 2.24) is 14.9 Å². The number of sulfone groups is 2. The maximum absolute atomic E-state index is 13.3. The average Bonchev–Trinajstić information content (AvgIpc) is 3.43. The standard InChI is InChI=1S/C23H27N5O6S3/c29-21(25-23-24-15-19(35-23)22(30)27-11-13-36(31,32)14-12-27)20(26-28-9-1-2-10-28)16-3-5-17(6-4-16)37(33,34)18-7-8-18/h3-6,15,18H,1-2,7-14H2,(H,24,25,29). The molecule has 0 atom stereocenters. The van der Waals surface area contributed by atoms with Crippen LogP contribution in [-0.2, 0) is 24.5 Å². The van der Waals surface area contributed by atoms with E-state index < -0.39 is 25.6 Å². The first kappa shape index (κ1) is 25.8. The number of hydrogen-bond acceptors (Lipinski definition) is 10. The van der Waals surface area contributed by atoms with E-state index in [-0.39, 0.29) is 51.5 Å². The van der Waals surface area contributed by atoms with E-state index >= 15 is 0 Å². The molecule has 3 fully saturated rings. The molecule has 2 aromatic rings. The number of carbonyl (C=O) groups excluding carboxylic acids is 2. The lowest BCUT2D eigenvalue weighted by Gasteiger charge is -2.25. The van der Waals surface area contributed by atoms with Gasteiger partial charge in [-0.25, -0.2) is 21.8 Å². The van der Waals surface area contributed by atoms with E-state index in [2.05, 4.69) is 15.4 Å². The predicted octanol–water partition coefficient (Wildman–Crippen LogP) is 1.39. The predicted molar refractivity (Wildman–Crippen MR) is 139 cm³/mol. The van der Waals surface area contributed by atoms with Crippen LogP contribution in [0.2, 0.25) is 0 Å². The van der Waals surface area contributed by atoms with E-state index in [1.54, 1.807) is 12.1 Å². The third kappa shape index (κ3) is 5.85. The number of nitrogens with zero attached hydrogens (tertiary/aromatic N) is 4. The quantitative estimate of drug-likeness (QED) is 0.496. The smallest absolute Gasteiger partial charge is 0.278 e. The van der Waals surface area contributed by atoms with E-state index in [4.69, 9.17) is 0 Å². The number of thiazole rings is 1. The number of rotatable bonds is 7. The normalized spacial score (nSPS) is 20.2. The number of nitrogens with one attached hydrogen (secondary N) is 1. The van der Waals surface area contributed by atoms with Gasteiger partial charge in [-0.1, -0.05) is 23.5 Å². The second-order valence-electron chi connectivity index (χ2n) is 9.31. The van der Waals surface area contributed by atoms with Crippen molar-refractivity contribution in [2.45, 2.75) is 35.8 Å². The molecule has 198 valence electrons. The van der Waals surface area contributed by atoms with Gasteiger partial charge < -0.3 is 4.90 Å². The molecule has 11 nitrogen and oxygen atoms in total. The van der Waals surface area contributed by atoms with Crippen molar-refractivity contribution in [3.05, 3.63) is 40.9 Å². The highest BCUT2D eigenvalue weighted by Crippen LogP contribution is 2.33. The Morgan fingerprint density at radius 2 is 1.68 bits per heavy atom. The molecule has 1 saturated carbocycles. The molecule has 0 unspecified atom stereocenters. The van der Waals surface area contributed by atoms with E-state index in [1.165, 1.54) is 23.2 Å². The third-order valence-electron chi connectivity index (χ3n) is 6.53. The molecule has 37 heavy (non-hydrogen) atoms. The van der Waals surface area contributed by atoms with Gasteiger partial charge in [0, 0.05) is 31.7 Å². The fourth-order valence-corrected chi connectivity index (χ4v) is 7.85. The SMILES string of the molecule is O=C(Nc1ncc(C(=O)N2CCS(=O)(=O)CC2)s1)C(=NN1CCCC1)c1ccc(S(=O)(=O)C2CC2)cc1. The molecule has 0 bridgehead atoms. The van der Waals surface area contributed by atoms with Gasteiger partial charge in [0.1, 0.15) is 4.88 Å². The first-order valence-corrected chi connectivity index (χ1v) is 16.3. The summed E-state index contributed by atoms with van der Waals surface area (Å²) in [5.74, 6) is -0.996. The van der Waals surface area contributed by atoms with Crippen LogP contribution in [0.25, 0.3) is 0 Å². The molecule has 1 aromatic heterocycles. The van der Waals surface area contributed by atoms with Crippen molar-refractivity contribution in [2.24, 2.45) is 5.10 Å². The van der Waals surface area contributed by atoms with Crippen molar-refractivity contribution in [2.75, 3.05) is 43.0 Å². The van der Waals surface area contributed by atoms with Crippen molar-refractivity contribution in [3.8, 4) is 0 Å². The Balaban J connectivity index is 1.33. The Hall–Kier alpha value is -2.84. The van der Waals surface area contributed by atoms with E-state index in [1.807, 2.05) is 5.01 Å². The van der Waals surface area contributed by atoms with E-state index in [0.717, 1.165) is 24.2 Å². The molecule has 2 saturated heterocycles. The van der Waals surface area contributed by atoms with Gasteiger partial charge >= 0.3 is 0 Å². The zero-order valence-electron chi connectivity index (χ0n) is 20.0. The van der Waals surface area contributed by atoms with Crippen LogP contribution >= 0.6 is 11.3 Å². The molecule has 1 N–H and O–H groups in total. The molecule has 1 aromatic carbocycles. The van der Waals surface area contributed by atoms with Crippen LogP contribution in [0.3, 0.4) is 0 Å². The van der Waals surface area contributed by atoms with Crippen LogP contribution in [0.15, 0.2) is 40.5 Å². The van der Waals surface area contributed by atoms with Crippen molar-refractivity contribution in [3.63, 3.8) is 0 Å². The summed E-state index contributed by atoms with van der Waals surface area (Å²) in [5, 5.41) is 8.94. The molecular formula is C23H27N5O6S3. The number of hydrogen-bond donors (Lipinski definition) is 1. The fourth-order valence-electron chi connectivity index (χ4n) is 4.21. The van der Waals surface area contributed by atoms with Crippen LogP contribution in [0.4, 0.5) is 5.13 Å². The van der Waals surface area contributed by atoms with Gasteiger partial charge in [0.05, 0.1) is 27.8 Å². The topological polar surface area (TPSA) is 146 Å². The largest absolute Gasteiger partial charge is 0.336 e. The minimum Gasteiger partial charge on any atom is -0.336 e. The van der Waals surface area contributed by atoms with Gasteiger partial charge in [0.25, 0.3) is 11.8 Å².